The first kappa shape index (κ1) is 17.7. The van der Waals surface area contributed by atoms with Crippen molar-refractivity contribution in [2.45, 2.75) is 51.6 Å². The first-order valence-corrected chi connectivity index (χ1v) is 10.8. The van der Waals surface area contributed by atoms with Crippen LogP contribution < -0.4 is 5.46 Å². The minimum Gasteiger partial charge on any atom is -0.423 e. The van der Waals surface area contributed by atoms with Crippen molar-refractivity contribution in [2.75, 3.05) is 13.1 Å². The molecule has 0 unspecified atom stereocenters. The van der Waals surface area contributed by atoms with E-state index in [2.05, 4.69) is 38.8 Å². The zero-order valence-electron chi connectivity index (χ0n) is 14.3. The molecule has 6 heteroatoms. The first-order valence-electron chi connectivity index (χ1n) is 7.93. The van der Waals surface area contributed by atoms with E-state index >= 15 is 0 Å². The molecule has 1 saturated heterocycles. The minimum absolute atomic E-state index is 0.258. The van der Waals surface area contributed by atoms with Crippen molar-refractivity contribution >= 4 is 20.9 Å². The second-order valence-corrected chi connectivity index (χ2v) is 12.6. The van der Waals surface area contributed by atoms with Gasteiger partial charge >= 0.3 is 7.12 Å². The van der Waals surface area contributed by atoms with Gasteiger partial charge in [0.2, 0.25) is 0 Å². The van der Waals surface area contributed by atoms with Gasteiger partial charge in [0.25, 0.3) is 0 Å². The predicted octanol–water partition coefficient (Wildman–Crippen LogP) is 1.57. The number of nitrogens with zero attached hydrogens (tertiary/aromatic N) is 1. The Hall–Kier alpha value is -0.658. The number of hydrogen-bond acceptors (Lipinski definition) is 4. The van der Waals surface area contributed by atoms with Gasteiger partial charge in [-0.15, -0.1) is 0 Å². The standard InChI is InChI=1S/C16H28BNO3Si/c1-16(2,3)22(4,5)21-15-11-18(12-15)10-13-6-8-14(9-7-13)17(19)20/h6-9,15,19-20H,10-12H2,1-5H3. The molecule has 122 valence electrons. The average Bonchev–Trinajstić information content (AvgIpc) is 2.35. The van der Waals surface area contributed by atoms with Crippen LogP contribution in [0.3, 0.4) is 0 Å². The van der Waals surface area contributed by atoms with E-state index in [4.69, 9.17) is 14.5 Å². The highest BCUT2D eigenvalue weighted by atomic mass is 28.4. The molecule has 1 aliphatic heterocycles. The molecule has 4 nitrogen and oxygen atoms in total. The zero-order valence-corrected chi connectivity index (χ0v) is 15.3. The summed E-state index contributed by atoms with van der Waals surface area (Å²) in [7, 11) is -3.05. The molecule has 0 atom stereocenters. The molecular weight excluding hydrogens is 293 g/mol. The van der Waals surface area contributed by atoms with E-state index in [1.165, 1.54) is 5.56 Å². The lowest BCUT2D eigenvalue weighted by atomic mass is 9.80. The molecule has 0 aliphatic carbocycles. The van der Waals surface area contributed by atoms with Crippen molar-refractivity contribution in [3.63, 3.8) is 0 Å². The van der Waals surface area contributed by atoms with Crippen LogP contribution in [0, 0.1) is 0 Å². The van der Waals surface area contributed by atoms with Crippen LogP contribution in [0.4, 0.5) is 0 Å². The fourth-order valence-corrected chi connectivity index (χ4v) is 3.71. The molecule has 1 heterocycles. The Labute approximate surface area is 135 Å². The van der Waals surface area contributed by atoms with Gasteiger partial charge in [0.15, 0.2) is 8.32 Å². The quantitative estimate of drug-likeness (QED) is 0.809. The Balaban J connectivity index is 1.80. The number of likely N-dealkylation sites (tertiary alicyclic amines) is 1. The highest BCUT2D eigenvalue weighted by molar-refractivity contribution is 6.74. The van der Waals surface area contributed by atoms with Crippen LogP contribution in [0.1, 0.15) is 26.3 Å². The van der Waals surface area contributed by atoms with E-state index in [1.54, 1.807) is 12.1 Å². The molecular formula is C16H28BNO3Si. The summed E-state index contributed by atoms with van der Waals surface area (Å²) in [6.45, 7) is 14.3. The highest BCUT2D eigenvalue weighted by Crippen LogP contribution is 2.38. The van der Waals surface area contributed by atoms with Crippen molar-refractivity contribution in [1.82, 2.24) is 4.90 Å². The summed E-state index contributed by atoms with van der Waals surface area (Å²) in [5.74, 6) is 0. The summed E-state index contributed by atoms with van der Waals surface area (Å²) in [5, 5.41) is 18.4. The molecule has 0 spiro atoms. The van der Waals surface area contributed by atoms with Gasteiger partial charge in [0.05, 0.1) is 6.10 Å². The molecule has 22 heavy (non-hydrogen) atoms. The van der Waals surface area contributed by atoms with Crippen LogP contribution in [-0.2, 0) is 11.0 Å². The monoisotopic (exact) mass is 321 g/mol. The second kappa shape index (κ2) is 6.45. The van der Waals surface area contributed by atoms with E-state index in [0.29, 0.717) is 11.6 Å². The molecule has 0 bridgehead atoms. The molecule has 0 saturated carbocycles. The maximum absolute atomic E-state index is 9.09. The fourth-order valence-electron chi connectivity index (χ4n) is 2.37. The summed E-state index contributed by atoms with van der Waals surface area (Å²) >= 11 is 0. The molecule has 2 rings (SSSR count). The number of benzene rings is 1. The van der Waals surface area contributed by atoms with Gasteiger partial charge in [-0.05, 0) is 29.2 Å². The molecule has 1 aliphatic rings. The summed E-state index contributed by atoms with van der Waals surface area (Å²) in [4.78, 5) is 2.36. The van der Waals surface area contributed by atoms with Crippen LogP contribution in [0.5, 0.6) is 0 Å². The fraction of sp³-hybridized carbons (Fsp3) is 0.625. The Morgan fingerprint density at radius 2 is 1.73 bits per heavy atom. The lowest BCUT2D eigenvalue weighted by Crippen LogP contribution is -2.57. The van der Waals surface area contributed by atoms with Gasteiger partial charge < -0.3 is 14.5 Å². The van der Waals surface area contributed by atoms with Gasteiger partial charge in [-0.1, -0.05) is 45.0 Å². The van der Waals surface area contributed by atoms with Crippen LogP contribution >= 0.6 is 0 Å². The average molecular weight is 321 g/mol. The SMILES string of the molecule is CC(C)(C)[Si](C)(C)OC1CN(Cc2ccc(B(O)O)cc2)C1. The first-order chi connectivity index (χ1) is 10.1. The molecule has 0 amide bonds. The van der Waals surface area contributed by atoms with E-state index in [1.807, 2.05) is 12.1 Å². The molecule has 2 N–H and O–H groups in total. The Morgan fingerprint density at radius 3 is 2.18 bits per heavy atom. The molecule has 1 aromatic rings. The van der Waals surface area contributed by atoms with E-state index in [-0.39, 0.29) is 5.04 Å². The Bertz CT molecular complexity index is 493. The van der Waals surface area contributed by atoms with Crippen molar-refractivity contribution in [3.8, 4) is 0 Å². The van der Waals surface area contributed by atoms with Crippen molar-refractivity contribution < 1.29 is 14.5 Å². The van der Waals surface area contributed by atoms with Crippen molar-refractivity contribution in [3.05, 3.63) is 29.8 Å². The summed E-state index contributed by atoms with van der Waals surface area (Å²) in [5.41, 5.74) is 1.72. The topological polar surface area (TPSA) is 52.9 Å². The predicted molar refractivity (Wildman–Crippen MR) is 93.6 cm³/mol. The van der Waals surface area contributed by atoms with Gasteiger partial charge in [-0.25, -0.2) is 0 Å². The minimum atomic E-state index is -1.66. The van der Waals surface area contributed by atoms with Crippen LogP contribution in [0.25, 0.3) is 0 Å². The molecule has 0 radical (unpaired) electrons. The van der Waals surface area contributed by atoms with Gasteiger partial charge in [0, 0.05) is 19.6 Å². The van der Waals surface area contributed by atoms with Crippen molar-refractivity contribution in [1.29, 1.82) is 0 Å². The third-order valence-electron chi connectivity index (χ3n) is 4.88. The van der Waals surface area contributed by atoms with Gasteiger partial charge in [-0.3, -0.25) is 4.90 Å². The lowest BCUT2D eigenvalue weighted by molar-refractivity contribution is 0.00563. The van der Waals surface area contributed by atoms with Gasteiger partial charge in [-0.2, -0.15) is 0 Å². The number of hydrogen-bond donors (Lipinski definition) is 2. The maximum atomic E-state index is 9.09. The summed E-state index contributed by atoms with van der Waals surface area (Å²) < 4.78 is 6.39. The largest absolute Gasteiger partial charge is 0.488 e. The third kappa shape index (κ3) is 4.20. The Kier molecular flexibility index (Phi) is 5.19. The van der Waals surface area contributed by atoms with Crippen LogP contribution in [0.15, 0.2) is 24.3 Å². The normalized spacial score (nSPS) is 17.4. The summed E-state index contributed by atoms with van der Waals surface area (Å²) in [6.07, 6.45) is 0.361. The van der Waals surface area contributed by atoms with Crippen LogP contribution in [0.2, 0.25) is 18.1 Å². The highest BCUT2D eigenvalue weighted by Gasteiger charge is 2.41. The van der Waals surface area contributed by atoms with Crippen molar-refractivity contribution in [2.24, 2.45) is 0 Å². The third-order valence-corrected chi connectivity index (χ3v) is 9.41. The van der Waals surface area contributed by atoms with Gasteiger partial charge in [0.1, 0.15) is 0 Å². The molecule has 1 fully saturated rings. The summed E-state index contributed by atoms with van der Waals surface area (Å²) in [6, 6.07) is 7.44. The van der Waals surface area contributed by atoms with E-state index < -0.39 is 15.4 Å². The van der Waals surface area contributed by atoms with E-state index in [9.17, 15) is 0 Å². The second-order valence-electron chi connectivity index (χ2n) is 7.81. The maximum Gasteiger partial charge on any atom is 0.488 e. The molecule has 1 aromatic carbocycles. The number of rotatable bonds is 5. The molecule has 0 aromatic heterocycles. The Morgan fingerprint density at radius 1 is 1.18 bits per heavy atom. The zero-order chi connectivity index (χ0) is 16.5. The van der Waals surface area contributed by atoms with E-state index in [0.717, 1.165) is 19.6 Å². The smallest absolute Gasteiger partial charge is 0.423 e. The lowest BCUT2D eigenvalue weighted by Gasteiger charge is -2.46. The van der Waals surface area contributed by atoms with Crippen LogP contribution in [-0.4, -0.2) is 49.6 Å².